The van der Waals surface area contributed by atoms with Gasteiger partial charge in [0.25, 0.3) is 0 Å². The van der Waals surface area contributed by atoms with Crippen molar-refractivity contribution in [3.05, 3.63) is 41.6 Å². The van der Waals surface area contributed by atoms with Gasteiger partial charge in [-0.3, -0.25) is 0 Å². The fourth-order valence-electron chi connectivity index (χ4n) is 1.20. The molecule has 1 aromatic rings. The van der Waals surface area contributed by atoms with E-state index in [4.69, 9.17) is 10.2 Å². The summed E-state index contributed by atoms with van der Waals surface area (Å²) in [6.45, 7) is 0. The van der Waals surface area contributed by atoms with Crippen molar-refractivity contribution in [1.82, 2.24) is 0 Å². The van der Waals surface area contributed by atoms with E-state index in [9.17, 15) is 22.8 Å². The van der Waals surface area contributed by atoms with Gasteiger partial charge in [0.2, 0.25) is 0 Å². The van der Waals surface area contributed by atoms with Gasteiger partial charge < -0.3 is 15.5 Å². The molecule has 1 aromatic carbocycles. The number of carboxylic acids is 2. The highest BCUT2D eigenvalue weighted by Gasteiger charge is 2.30. The molecule has 0 bridgehead atoms. The van der Waals surface area contributed by atoms with Crippen molar-refractivity contribution in [2.24, 2.45) is 0 Å². The van der Waals surface area contributed by atoms with Crippen LogP contribution in [0, 0.1) is 0 Å². The molecule has 8 heteroatoms. The van der Waals surface area contributed by atoms with Crippen molar-refractivity contribution in [3.8, 4) is 0 Å². The average Bonchev–Trinajstić information content (AvgIpc) is 2.26. The third-order valence-corrected chi connectivity index (χ3v) is 1.97. The predicted octanol–water partition coefficient (Wildman–Crippen LogP) is 2.17. The van der Waals surface area contributed by atoms with Crippen molar-refractivity contribution in [2.45, 2.75) is 6.18 Å². The van der Waals surface area contributed by atoms with Crippen LogP contribution in [0.1, 0.15) is 5.56 Å². The Bertz CT molecular complexity index is 537. The zero-order valence-corrected chi connectivity index (χ0v) is 9.23. The first-order chi connectivity index (χ1) is 8.70. The van der Waals surface area contributed by atoms with E-state index in [0.717, 1.165) is 12.1 Å². The number of anilines is 1. The molecule has 5 nitrogen and oxygen atoms in total. The summed E-state index contributed by atoms with van der Waals surface area (Å²) in [5.41, 5.74) is -1.89. The molecule has 0 radical (unpaired) electrons. The Hall–Kier alpha value is -2.51. The first-order valence-corrected chi connectivity index (χ1v) is 4.82. The van der Waals surface area contributed by atoms with Crippen LogP contribution in [0.25, 0.3) is 0 Å². The lowest BCUT2D eigenvalue weighted by atomic mass is 10.2. The SMILES string of the molecule is O=C(O)C=C(Nc1cccc(C(F)(F)F)c1)C(=O)O. The summed E-state index contributed by atoms with van der Waals surface area (Å²) >= 11 is 0. The number of halogens is 3. The first kappa shape index (κ1) is 14.6. The average molecular weight is 275 g/mol. The normalized spacial score (nSPS) is 12.1. The van der Waals surface area contributed by atoms with E-state index in [1.165, 1.54) is 6.07 Å². The molecular weight excluding hydrogens is 267 g/mol. The molecule has 0 aliphatic rings. The highest BCUT2D eigenvalue weighted by atomic mass is 19.4. The van der Waals surface area contributed by atoms with Crippen LogP contribution in [0.4, 0.5) is 18.9 Å². The van der Waals surface area contributed by atoms with Crippen molar-refractivity contribution in [2.75, 3.05) is 5.32 Å². The number of alkyl halides is 3. The molecule has 0 heterocycles. The summed E-state index contributed by atoms with van der Waals surface area (Å²) < 4.78 is 37.3. The van der Waals surface area contributed by atoms with E-state index in [0.29, 0.717) is 12.1 Å². The zero-order chi connectivity index (χ0) is 14.6. The summed E-state index contributed by atoms with van der Waals surface area (Å²) in [7, 11) is 0. The molecule has 3 N–H and O–H groups in total. The van der Waals surface area contributed by atoms with E-state index in [1.807, 2.05) is 0 Å². The van der Waals surface area contributed by atoms with E-state index in [1.54, 1.807) is 0 Å². The Morgan fingerprint density at radius 3 is 2.32 bits per heavy atom. The summed E-state index contributed by atoms with van der Waals surface area (Å²) in [4.78, 5) is 21.1. The number of nitrogens with one attached hydrogen (secondary N) is 1. The summed E-state index contributed by atoms with van der Waals surface area (Å²) in [5.74, 6) is -3.13. The van der Waals surface area contributed by atoms with Crippen molar-refractivity contribution < 1.29 is 33.0 Å². The van der Waals surface area contributed by atoms with Gasteiger partial charge in [-0.2, -0.15) is 13.2 Å². The minimum Gasteiger partial charge on any atom is -0.478 e. The molecule has 0 spiro atoms. The number of benzene rings is 1. The Morgan fingerprint density at radius 2 is 1.84 bits per heavy atom. The first-order valence-electron chi connectivity index (χ1n) is 4.82. The maximum Gasteiger partial charge on any atom is 0.416 e. The number of carboxylic acid groups (broad SMARTS) is 2. The fraction of sp³-hybridized carbons (Fsp3) is 0.0909. The Morgan fingerprint density at radius 1 is 1.21 bits per heavy atom. The molecule has 102 valence electrons. The topological polar surface area (TPSA) is 86.6 Å². The van der Waals surface area contributed by atoms with Gasteiger partial charge in [0.1, 0.15) is 5.70 Å². The minimum absolute atomic E-state index is 0.176. The van der Waals surface area contributed by atoms with Gasteiger partial charge in [-0.1, -0.05) is 6.07 Å². The third-order valence-electron chi connectivity index (χ3n) is 1.97. The highest BCUT2D eigenvalue weighted by molar-refractivity contribution is 5.97. The Labute approximate surface area is 105 Å². The second-order valence-corrected chi connectivity index (χ2v) is 3.40. The van der Waals surface area contributed by atoms with Gasteiger partial charge in [0.15, 0.2) is 0 Å². The maximum absolute atomic E-state index is 12.4. The van der Waals surface area contributed by atoms with E-state index in [-0.39, 0.29) is 5.69 Å². The minimum atomic E-state index is -4.57. The van der Waals surface area contributed by atoms with Crippen molar-refractivity contribution >= 4 is 17.6 Å². The molecular formula is C11H8F3NO4. The van der Waals surface area contributed by atoms with Crippen LogP contribution in [-0.2, 0) is 15.8 Å². The van der Waals surface area contributed by atoms with Gasteiger partial charge in [0, 0.05) is 5.69 Å². The number of aliphatic carboxylic acids is 2. The van der Waals surface area contributed by atoms with Crippen LogP contribution < -0.4 is 5.32 Å². The van der Waals surface area contributed by atoms with E-state index < -0.39 is 29.4 Å². The summed E-state index contributed by atoms with van der Waals surface area (Å²) in [6.07, 6.45) is -4.22. The molecule has 1 rings (SSSR count). The van der Waals surface area contributed by atoms with Crippen LogP contribution in [0.15, 0.2) is 36.0 Å². The van der Waals surface area contributed by atoms with Gasteiger partial charge in [-0.15, -0.1) is 0 Å². The Kier molecular flexibility index (Phi) is 4.15. The van der Waals surface area contributed by atoms with Crippen molar-refractivity contribution in [1.29, 1.82) is 0 Å². The van der Waals surface area contributed by atoms with Crippen LogP contribution in [-0.4, -0.2) is 22.2 Å². The molecule has 19 heavy (non-hydrogen) atoms. The quantitative estimate of drug-likeness (QED) is 0.733. The molecule has 0 saturated carbocycles. The van der Waals surface area contributed by atoms with Gasteiger partial charge in [0.05, 0.1) is 11.6 Å². The standard InChI is InChI=1S/C11H8F3NO4/c12-11(13,14)6-2-1-3-7(4-6)15-8(10(18)19)5-9(16)17/h1-5,15H,(H,16,17)(H,18,19). The number of hydrogen-bond acceptors (Lipinski definition) is 3. The molecule has 0 amide bonds. The number of hydrogen-bond donors (Lipinski definition) is 3. The highest BCUT2D eigenvalue weighted by Crippen LogP contribution is 2.30. The second kappa shape index (κ2) is 5.42. The van der Waals surface area contributed by atoms with E-state index in [2.05, 4.69) is 5.32 Å². The molecule has 0 aliphatic heterocycles. The third kappa shape index (κ3) is 4.34. The van der Waals surface area contributed by atoms with E-state index >= 15 is 0 Å². The van der Waals surface area contributed by atoms with Gasteiger partial charge in [-0.05, 0) is 18.2 Å². The lowest BCUT2D eigenvalue weighted by Gasteiger charge is -2.10. The summed E-state index contributed by atoms with van der Waals surface area (Å²) in [5, 5.41) is 19.2. The monoisotopic (exact) mass is 275 g/mol. The number of rotatable bonds is 4. The maximum atomic E-state index is 12.4. The van der Waals surface area contributed by atoms with Crippen molar-refractivity contribution in [3.63, 3.8) is 0 Å². The fourth-order valence-corrected chi connectivity index (χ4v) is 1.20. The molecule has 0 aliphatic carbocycles. The largest absolute Gasteiger partial charge is 0.478 e. The van der Waals surface area contributed by atoms with Gasteiger partial charge in [-0.25, -0.2) is 9.59 Å². The molecule has 0 saturated heterocycles. The number of carbonyl (C=O) groups is 2. The zero-order valence-electron chi connectivity index (χ0n) is 9.23. The van der Waals surface area contributed by atoms with Crippen LogP contribution >= 0.6 is 0 Å². The molecule has 0 aromatic heterocycles. The second-order valence-electron chi connectivity index (χ2n) is 3.40. The molecule has 0 fully saturated rings. The smallest absolute Gasteiger partial charge is 0.416 e. The predicted molar refractivity (Wildman–Crippen MR) is 58.4 cm³/mol. The summed E-state index contributed by atoms with van der Waals surface area (Å²) in [6, 6.07) is 3.75. The van der Waals surface area contributed by atoms with Gasteiger partial charge >= 0.3 is 18.1 Å². The lowest BCUT2D eigenvalue weighted by Crippen LogP contribution is -2.13. The Balaban J connectivity index is 3.05. The molecule has 0 unspecified atom stereocenters. The lowest BCUT2D eigenvalue weighted by molar-refractivity contribution is -0.137. The van der Waals surface area contributed by atoms with Crippen LogP contribution in [0.2, 0.25) is 0 Å². The van der Waals surface area contributed by atoms with Crippen LogP contribution in [0.3, 0.4) is 0 Å². The molecule has 0 atom stereocenters. The van der Waals surface area contributed by atoms with Crippen LogP contribution in [0.5, 0.6) is 0 Å².